The van der Waals surface area contributed by atoms with Gasteiger partial charge in [-0.1, -0.05) is 18.2 Å². The second-order valence-electron chi connectivity index (χ2n) is 7.06. The van der Waals surface area contributed by atoms with Gasteiger partial charge in [0.2, 0.25) is 0 Å². The van der Waals surface area contributed by atoms with Crippen LogP contribution >= 0.6 is 0 Å². The number of amides is 2. The standard InChI is InChI=1S/C23H26N2O7/c1-15(31-17-9-7-16(8-10-17)22(26)25-28)13-24-23(27)21-19(14-30-12-11-29-2)18-5-3-4-6-20(18)32-21/h3-10,15,28H,11-14H2,1-2H3,(H,24,27)(H,25,26)/t15-/m1/s1. The molecule has 9 nitrogen and oxygen atoms in total. The van der Waals surface area contributed by atoms with Crippen LogP contribution in [-0.4, -0.2) is 50.0 Å². The summed E-state index contributed by atoms with van der Waals surface area (Å²) in [5, 5.41) is 12.3. The van der Waals surface area contributed by atoms with Gasteiger partial charge in [0, 0.05) is 23.6 Å². The summed E-state index contributed by atoms with van der Waals surface area (Å²) in [6, 6.07) is 13.7. The Labute approximate surface area is 185 Å². The van der Waals surface area contributed by atoms with Gasteiger partial charge in [0.05, 0.1) is 26.4 Å². The third-order valence-corrected chi connectivity index (χ3v) is 4.69. The van der Waals surface area contributed by atoms with Gasteiger partial charge < -0.3 is 23.9 Å². The minimum Gasteiger partial charge on any atom is -0.489 e. The van der Waals surface area contributed by atoms with Gasteiger partial charge in [-0.3, -0.25) is 14.8 Å². The highest BCUT2D eigenvalue weighted by atomic mass is 16.5. The normalized spacial score (nSPS) is 11.8. The summed E-state index contributed by atoms with van der Waals surface area (Å²) in [5.74, 6) is -0.242. The van der Waals surface area contributed by atoms with Crippen LogP contribution in [-0.2, 0) is 16.1 Å². The average molecular weight is 442 g/mol. The molecule has 3 rings (SSSR count). The summed E-state index contributed by atoms with van der Waals surface area (Å²) in [7, 11) is 1.60. The Morgan fingerprint density at radius 2 is 1.81 bits per heavy atom. The Bertz CT molecular complexity index is 1050. The van der Waals surface area contributed by atoms with E-state index in [1.54, 1.807) is 30.8 Å². The number of hydrogen-bond donors (Lipinski definition) is 3. The predicted molar refractivity (Wildman–Crippen MR) is 116 cm³/mol. The van der Waals surface area contributed by atoms with Gasteiger partial charge in [-0.2, -0.15) is 0 Å². The number of carbonyl (C=O) groups excluding carboxylic acids is 2. The molecular weight excluding hydrogens is 416 g/mol. The Kier molecular flexibility index (Phi) is 8.20. The summed E-state index contributed by atoms with van der Waals surface area (Å²) >= 11 is 0. The molecule has 0 spiro atoms. The van der Waals surface area contributed by atoms with E-state index < -0.39 is 5.91 Å². The molecule has 0 aliphatic carbocycles. The number of nitrogens with one attached hydrogen (secondary N) is 2. The number of hydroxylamine groups is 1. The number of fused-ring (bicyclic) bond motifs is 1. The first-order chi connectivity index (χ1) is 15.5. The van der Waals surface area contributed by atoms with E-state index in [2.05, 4.69) is 5.32 Å². The topological polar surface area (TPSA) is 119 Å². The Morgan fingerprint density at radius 1 is 1.06 bits per heavy atom. The molecule has 32 heavy (non-hydrogen) atoms. The molecule has 2 aromatic carbocycles. The van der Waals surface area contributed by atoms with Crippen LogP contribution in [0.3, 0.4) is 0 Å². The van der Waals surface area contributed by atoms with Gasteiger partial charge in [0.1, 0.15) is 17.4 Å². The number of methoxy groups -OCH3 is 1. The maximum Gasteiger partial charge on any atom is 0.287 e. The smallest absolute Gasteiger partial charge is 0.287 e. The predicted octanol–water partition coefficient (Wildman–Crippen LogP) is 2.91. The van der Waals surface area contributed by atoms with Crippen molar-refractivity contribution in [2.45, 2.75) is 19.6 Å². The summed E-state index contributed by atoms with van der Waals surface area (Å²) in [6.07, 6.45) is -0.345. The van der Waals surface area contributed by atoms with Gasteiger partial charge in [-0.05, 0) is 37.3 Å². The van der Waals surface area contributed by atoms with Crippen molar-refractivity contribution < 1.29 is 33.4 Å². The lowest BCUT2D eigenvalue weighted by atomic mass is 10.1. The zero-order chi connectivity index (χ0) is 22.9. The molecular formula is C23H26N2O7. The van der Waals surface area contributed by atoms with E-state index >= 15 is 0 Å². The van der Waals surface area contributed by atoms with Crippen LogP contribution in [0.2, 0.25) is 0 Å². The van der Waals surface area contributed by atoms with E-state index in [1.807, 2.05) is 25.1 Å². The van der Waals surface area contributed by atoms with Gasteiger partial charge in [-0.25, -0.2) is 5.48 Å². The molecule has 3 aromatic rings. The number of para-hydroxylation sites is 1. The lowest BCUT2D eigenvalue weighted by Gasteiger charge is -2.15. The average Bonchev–Trinajstić information content (AvgIpc) is 3.19. The van der Waals surface area contributed by atoms with Crippen LogP contribution < -0.4 is 15.5 Å². The molecule has 1 aromatic heterocycles. The van der Waals surface area contributed by atoms with Crippen molar-refractivity contribution >= 4 is 22.8 Å². The van der Waals surface area contributed by atoms with Crippen molar-refractivity contribution in [1.82, 2.24) is 10.8 Å². The summed E-state index contributed by atoms with van der Waals surface area (Å²) in [6.45, 7) is 3.13. The summed E-state index contributed by atoms with van der Waals surface area (Å²) in [5.41, 5.74) is 3.16. The molecule has 170 valence electrons. The van der Waals surface area contributed by atoms with Gasteiger partial charge in [-0.15, -0.1) is 0 Å². The Hall–Kier alpha value is -3.40. The fraction of sp³-hybridized carbons (Fsp3) is 0.304. The van der Waals surface area contributed by atoms with E-state index in [4.69, 9.17) is 23.8 Å². The number of furan rings is 1. The van der Waals surface area contributed by atoms with Crippen molar-refractivity contribution in [3.63, 3.8) is 0 Å². The third-order valence-electron chi connectivity index (χ3n) is 4.69. The molecule has 0 saturated carbocycles. The highest BCUT2D eigenvalue weighted by Crippen LogP contribution is 2.26. The first kappa shape index (κ1) is 23.3. The van der Waals surface area contributed by atoms with E-state index in [0.29, 0.717) is 35.7 Å². The van der Waals surface area contributed by atoms with Crippen molar-refractivity contribution in [2.24, 2.45) is 0 Å². The molecule has 9 heteroatoms. The zero-order valence-corrected chi connectivity index (χ0v) is 17.9. The molecule has 2 amide bonds. The van der Waals surface area contributed by atoms with E-state index in [1.165, 1.54) is 12.1 Å². The fourth-order valence-electron chi connectivity index (χ4n) is 3.08. The molecule has 0 aliphatic heterocycles. The highest BCUT2D eigenvalue weighted by molar-refractivity contribution is 5.99. The first-order valence-electron chi connectivity index (χ1n) is 10.1. The van der Waals surface area contributed by atoms with E-state index in [-0.39, 0.29) is 30.9 Å². The Balaban J connectivity index is 1.62. The SMILES string of the molecule is COCCOCc1c(C(=O)NC[C@@H](C)Oc2ccc(C(=O)NO)cc2)oc2ccccc12. The van der Waals surface area contributed by atoms with Crippen LogP contribution in [0.1, 0.15) is 33.4 Å². The van der Waals surface area contributed by atoms with Crippen LogP contribution in [0.25, 0.3) is 11.0 Å². The zero-order valence-electron chi connectivity index (χ0n) is 17.9. The molecule has 1 atom stereocenters. The summed E-state index contributed by atoms with van der Waals surface area (Å²) < 4.78 is 22.2. The fourth-order valence-corrected chi connectivity index (χ4v) is 3.08. The van der Waals surface area contributed by atoms with Crippen LogP contribution in [0.15, 0.2) is 52.9 Å². The van der Waals surface area contributed by atoms with Crippen LogP contribution in [0, 0.1) is 0 Å². The van der Waals surface area contributed by atoms with E-state index in [9.17, 15) is 9.59 Å². The van der Waals surface area contributed by atoms with Crippen molar-refractivity contribution in [2.75, 3.05) is 26.9 Å². The monoisotopic (exact) mass is 442 g/mol. The Morgan fingerprint density at radius 3 is 2.53 bits per heavy atom. The minimum atomic E-state index is -0.607. The molecule has 1 heterocycles. The van der Waals surface area contributed by atoms with Crippen LogP contribution in [0.5, 0.6) is 5.75 Å². The highest BCUT2D eigenvalue weighted by Gasteiger charge is 2.21. The number of carbonyl (C=O) groups is 2. The summed E-state index contributed by atoms with van der Waals surface area (Å²) in [4.78, 5) is 24.2. The van der Waals surface area contributed by atoms with Crippen LogP contribution in [0.4, 0.5) is 0 Å². The maximum absolute atomic E-state index is 12.8. The molecule has 0 bridgehead atoms. The quantitative estimate of drug-likeness (QED) is 0.237. The van der Waals surface area contributed by atoms with Gasteiger partial charge in [0.15, 0.2) is 5.76 Å². The van der Waals surface area contributed by atoms with E-state index in [0.717, 1.165) is 5.39 Å². The first-order valence-corrected chi connectivity index (χ1v) is 10.1. The van der Waals surface area contributed by atoms with Gasteiger partial charge >= 0.3 is 0 Å². The largest absolute Gasteiger partial charge is 0.489 e. The molecule has 0 radical (unpaired) electrons. The molecule has 0 unspecified atom stereocenters. The molecule has 0 saturated heterocycles. The van der Waals surface area contributed by atoms with Crippen molar-refractivity contribution in [1.29, 1.82) is 0 Å². The van der Waals surface area contributed by atoms with Crippen molar-refractivity contribution in [3.8, 4) is 5.75 Å². The number of rotatable bonds is 11. The second kappa shape index (κ2) is 11.3. The number of ether oxygens (including phenoxy) is 3. The molecule has 0 aliphatic rings. The number of hydrogen-bond acceptors (Lipinski definition) is 7. The minimum absolute atomic E-state index is 0.204. The maximum atomic E-state index is 12.8. The van der Waals surface area contributed by atoms with Gasteiger partial charge in [0.25, 0.3) is 11.8 Å². The third kappa shape index (κ3) is 5.85. The molecule has 3 N–H and O–H groups in total. The lowest BCUT2D eigenvalue weighted by molar-refractivity contribution is 0.0608. The van der Waals surface area contributed by atoms with Crippen molar-refractivity contribution in [3.05, 3.63) is 65.4 Å². The number of benzene rings is 2. The second-order valence-corrected chi connectivity index (χ2v) is 7.06. The molecule has 0 fully saturated rings. The lowest BCUT2D eigenvalue weighted by Crippen LogP contribution is -2.33.